The van der Waals surface area contributed by atoms with E-state index in [1.54, 1.807) is 0 Å². The molecule has 1 aliphatic heterocycles. The van der Waals surface area contributed by atoms with Gasteiger partial charge in [0, 0.05) is 0 Å². The third kappa shape index (κ3) is 6.35. The number of hydrogen-bond acceptors (Lipinski definition) is 4. The molecule has 0 aromatic heterocycles. The minimum Gasteiger partial charge on any atom is -0.468 e. The number of unbranched alkanes of at least 4 members (excludes halogenated alkanes) is 1. The maximum absolute atomic E-state index is 11.9. The second-order valence-corrected chi connectivity index (χ2v) is 6.69. The molecule has 1 fully saturated rings. The summed E-state index contributed by atoms with van der Waals surface area (Å²) in [6.07, 6.45) is 7.10. The van der Waals surface area contributed by atoms with Crippen LogP contribution in [-0.4, -0.2) is 49.7 Å². The van der Waals surface area contributed by atoms with E-state index in [0.29, 0.717) is 0 Å². The van der Waals surface area contributed by atoms with Gasteiger partial charge in [0.25, 0.3) is 0 Å². The second-order valence-electron chi connectivity index (χ2n) is 6.69. The van der Waals surface area contributed by atoms with Gasteiger partial charge in [0.1, 0.15) is 5.54 Å². The van der Waals surface area contributed by atoms with Crippen molar-refractivity contribution < 1.29 is 9.53 Å². The zero-order chi connectivity index (χ0) is 15.7. The molecule has 1 aliphatic rings. The van der Waals surface area contributed by atoms with E-state index in [1.807, 2.05) is 13.8 Å². The van der Waals surface area contributed by atoms with Crippen LogP contribution >= 0.6 is 0 Å². The molecule has 2 unspecified atom stereocenters. The van der Waals surface area contributed by atoms with Crippen molar-refractivity contribution in [1.82, 2.24) is 10.2 Å². The minimum atomic E-state index is -0.531. The summed E-state index contributed by atoms with van der Waals surface area (Å²) in [7, 11) is 1.47. The number of nitrogens with one attached hydrogen (secondary N) is 1. The Hall–Kier alpha value is -0.610. The second kappa shape index (κ2) is 9.42. The van der Waals surface area contributed by atoms with Crippen molar-refractivity contribution in [2.75, 3.05) is 33.3 Å². The zero-order valence-electron chi connectivity index (χ0n) is 14.4. The van der Waals surface area contributed by atoms with Gasteiger partial charge in [-0.3, -0.25) is 4.79 Å². The Morgan fingerprint density at radius 2 is 2.10 bits per heavy atom. The Bertz CT molecular complexity index is 309. The molecule has 0 radical (unpaired) electrons. The molecule has 124 valence electrons. The van der Waals surface area contributed by atoms with Crippen molar-refractivity contribution >= 4 is 5.97 Å². The molecule has 4 nitrogen and oxygen atoms in total. The Labute approximate surface area is 130 Å². The van der Waals surface area contributed by atoms with E-state index in [0.717, 1.165) is 38.3 Å². The summed E-state index contributed by atoms with van der Waals surface area (Å²) in [5.74, 6) is 0.735. The fourth-order valence-electron chi connectivity index (χ4n) is 3.24. The van der Waals surface area contributed by atoms with Crippen LogP contribution in [0.1, 0.15) is 59.3 Å². The third-order valence-corrected chi connectivity index (χ3v) is 4.71. The maximum Gasteiger partial charge on any atom is 0.325 e. The van der Waals surface area contributed by atoms with E-state index in [4.69, 9.17) is 4.74 Å². The first kappa shape index (κ1) is 18.4. The number of carbonyl (C=O) groups excluding carboxylic acids is 1. The van der Waals surface area contributed by atoms with Crippen molar-refractivity contribution in [3.8, 4) is 0 Å². The van der Waals surface area contributed by atoms with Crippen molar-refractivity contribution in [1.29, 1.82) is 0 Å². The van der Waals surface area contributed by atoms with Crippen LogP contribution in [0, 0.1) is 5.92 Å². The Kier molecular flexibility index (Phi) is 8.27. The molecule has 1 rings (SSSR count). The molecular formula is C17H34N2O2. The lowest BCUT2D eigenvalue weighted by molar-refractivity contribution is -0.148. The average molecular weight is 298 g/mol. The fraction of sp³-hybridized carbons (Fsp3) is 0.941. The minimum absolute atomic E-state index is 0.145. The topological polar surface area (TPSA) is 41.6 Å². The molecule has 0 aliphatic carbocycles. The van der Waals surface area contributed by atoms with Crippen molar-refractivity contribution in [2.45, 2.75) is 64.8 Å². The lowest BCUT2D eigenvalue weighted by atomic mass is 9.94. The molecule has 0 saturated carbocycles. The van der Waals surface area contributed by atoms with E-state index in [1.165, 1.54) is 39.5 Å². The van der Waals surface area contributed by atoms with Crippen LogP contribution in [0.2, 0.25) is 0 Å². The van der Waals surface area contributed by atoms with E-state index >= 15 is 0 Å². The molecule has 4 heteroatoms. The first-order chi connectivity index (χ1) is 10.0. The maximum atomic E-state index is 11.9. The molecule has 0 amide bonds. The van der Waals surface area contributed by atoms with Gasteiger partial charge in [0.2, 0.25) is 0 Å². The molecule has 1 N–H and O–H groups in total. The van der Waals surface area contributed by atoms with Gasteiger partial charge >= 0.3 is 5.97 Å². The lowest BCUT2D eigenvalue weighted by Crippen LogP contribution is -2.50. The molecule has 1 heterocycles. The molecule has 0 bridgehead atoms. The van der Waals surface area contributed by atoms with E-state index in [9.17, 15) is 4.79 Å². The highest BCUT2D eigenvalue weighted by Crippen LogP contribution is 2.19. The predicted octanol–water partition coefficient (Wildman–Crippen LogP) is 2.82. The Morgan fingerprint density at radius 1 is 1.33 bits per heavy atom. The normalized spacial score (nSPS) is 23.3. The van der Waals surface area contributed by atoms with Gasteiger partial charge < -0.3 is 15.0 Å². The zero-order valence-corrected chi connectivity index (χ0v) is 14.4. The number of hydrogen-bond donors (Lipinski definition) is 1. The molecule has 21 heavy (non-hydrogen) atoms. The number of methoxy groups -OCH3 is 1. The SMILES string of the molecule is CCNC(C)(CCCCN1CCCC(C)CC1)C(=O)OC. The number of likely N-dealkylation sites (N-methyl/N-ethyl adjacent to an activating group) is 1. The summed E-state index contributed by atoms with van der Waals surface area (Å²) < 4.78 is 4.93. The highest BCUT2D eigenvalue weighted by molar-refractivity contribution is 5.80. The summed E-state index contributed by atoms with van der Waals surface area (Å²) in [5.41, 5.74) is -0.531. The predicted molar refractivity (Wildman–Crippen MR) is 87.4 cm³/mol. The first-order valence-corrected chi connectivity index (χ1v) is 8.57. The number of rotatable bonds is 8. The fourth-order valence-corrected chi connectivity index (χ4v) is 3.24. The molecular weight excluding hydrogens is 264 g/mol. The number of nitrogens with zero attached hydrogens (tertiary/aromatic N) is 1. The Morgan fingerprint density at radius 3 is 2.76 bits per heavy atom. The third-order valence-electron chi connectivity index (χ3n) is 4.71. The summed E-state index contributed by atoms with van der Waals surface area (Å²) in [6.45, 7) is 10.8. The van der Waals surface area contributed by atoms with Gasteiger partial charge in [-0.1, -0.05) is 13.8 Å². The summed E-state index contributed by atoms with van der Waals surface area (Å²) in [5, 5.41) is 3.28. The number of likely N-dealkylation sites (tertiary alicyclic amines) is 1. The smallest absolute Gasteiger partial charge is 0.325 e. The quantitative estimate of drug-likeness (QED) is 0.553. The van der Waals surface area contributed by atoms with Gasteiger partial charge in [0.15, 0.2) is 0 Å². The van der Waals surface area contributed by atoms with E-state index in [2.05, 4.69) is 17.1 Å². The van der Waals surface area contributed by atoms with Gasteiger partial charge in [-0.05, 0) is 77.5 Å². The Balaban J connectivity index is 2.29. The van der Waals surface area contributed by atoms with E-state index < -0.39 is 5.54 Å². The van der Waals surface area contributed by atoms with Crippen molar-refractivity contribution in [3.63, 3.8) is 0 Å². The highest BCUT2D eigenvalue weighted by atomic mass is 16.5. The first-order valence-electron chi connectivity index (χ1n) is 8.57. The van der Waals surface area contributed by atoms with Gasteiger partial charge in [0.05, 0.1) is 7.11 Å². The summed E-state index contributed by atoms with van der Waals surface area (Å²) >= 11 is 0. The summed E-state index contributed by atoms with van der Waals surface area (Å²) in [6, 6.07) is 0. The number of carbonyl (C=O) groups is 1. The van der Waals surface area contributed by atoms with Crippen LogP contribution in [0.15, 0.2) is 0 Å². The van der Waals surface area contributed by atoms with E-state index in [-0.39, 0.29) is 5.97 Å². The molecule has 0 spiro atoms. The van der Waals surface area contributed by atoms with Crippen molar-refractivity contribution in [2.24, 2.45) is 5.92 Å². The molecule has 2 atom stereocenters. The highest BCUT2D eigenvalue weighted by Gasteiger charge is 2.32. The molecule has 0 aromatic rings. The summed E-state index contributed by atoms with van der Waals surface area (Å²) in [4.78, 5) is 14.5. The average Bonchev–Trinajstić information content (AvgIpc) is 2.67. The largest absolute Gasteiger partial charge is 0.468 e. The molecule has 1 saturated heterocycles. The van der Waals surface area contributed by atoms with Crippen LogP contribution in [-0.2, 0) is 9.53 Å². The number of ether oxygens (including phenoxy) is 1. The van der Waals surface area contributed by atoms with Crippen LogP contribution in [0.25, 0.3) is 0 Å². The van der Waals surface area contributed by atoms with Crippen LogP contribution < -0.4 is 5.32 Å². The van der Waals surface area contributed by atoms with Gasteiger partial charge in [-0.25, -0.2) is 0 Å². The van der Waals surface area contributed by atoms with Crippen LogP contribution in [0.4, 0.5) is 0 Å². The molecule has 0 aromatic carbocycles. The van der Waals surface area contributed by atoms with Gasteiger partial charge in [-0.15, -0.1) is 0 Å². The van der Waals surface area contributed by atoms with Crippen LogP contribution in [0.5, 0.6) is 0 Å². The van der Waals surface area contributed by atoms with Crippen LogP contribution in [0.3, 0.4) is 0 Å². The van der Waals surface area contributed by atoms with Gasteiger partial charge in [-0.2, -0.15) is 0 Å². The van der Waals surface area contributed by atoms with Crippen molar-refractivity contribution in [3.05, 3.63) is 0 Å². The number of esters is 1. The lowest BCUT2D eigenvalue weighted by Gasteiger charge is -2.28. The standard InChI is InChI=1S/C17H34N2O2/c1-5-18-17(3,16(20)21-4)11-6-7-12-19-13-8-9-15(2)10-14-19/h15,18H,5-14H2,1-4H3. The monoisotopic (exact) mass is 298 g/mol.